The van der Waals surface area contributed by atoms with Gasteiger partial charge in [-0.2, -0.15) is 0 Å². The van der Waals surface area contributed by atoms with E-state index in [1.165, 1.54) is 0 Å². The standard InChI is InChI=1S/C14H13ClOS/c15-14-8-6-13(7-9-14)11-17(16)10-12-4-2-1-3-5-12/h1-9H,10-11H2/t17-/m0/s1. The molecule has 17 heavy (non-hydrogen) atoms. The van der Waals surface area contributed by atoms with Gasteiger partial charge in [0.2, 0.25) is 0 Å². The number of hydrogen-bond acceptors (Lipinski definition) is 1. The van der Waals surface area contributed by atoms with Gasteiger partial charge < -0.3 is 0 Å². The van der Waals surface area contributed by atoms with Crippen LogP contribution in [0.4, 0.5) is 0 Å². The summed E-state index contributed by atoms with van der Waals surface area (Å²) in [7, 11) is -0.872. The van der Waals surface area contributed by atoms with Crippen molar-refractivity contribution in [2.75, 3.05) is 0 Å². The minimum absolute atomic E-state index is 0.575. The van der Waals surface area contributed by atoms with Gasteiger partial charge in [0.1, 0.15) is 0 Å². The van der Waals surface area contributed by atoms with Crippen molar-refractivity contribution >= 4 is 22.4 Å². The fraction of sp³-hybridized carbons (Fsp3) is 0.143. The highest BCUT2D eigenvalue weighted by Crippen LogP contribution is 2.12. The Morgan fingerprint density at radius 1 is 0.824 bits per heavy atom. The molecule has 1 atom stereocenters. The average molecular weight is 265 g/mol. The predicted octanol–water partition coefficient (Wildman–Crippen LogP) is 3.79. The molecular formula is C14H13ClOS. The molecule has 88 valence electrons. The summed E-state index contributed by atoms with van der Waals surface area (Å²) < 4.78 is 11.9. The Morgan fingerprint density at radius 3 is 1.94 bits per heavy atom. The molecule has 3 heteroatoms. The third kappa shape index (κ3) is 3.99. The minimum Gasteiger partial charge on any atom is -0.259 e. The monoisotopic (exact) mass is 264 g/mol. The van der Waals surface area contributed by atoms with Crippen molar-refractivity contribution in [2.45, 2.75) is 11.5 Å². The SMILES string of the molecule is O=[S@@](Cc1ccccc1)Cc1ccc(Cl)cc1. The lowest BCUT2D eigenvalue weighted by molar-refractivity contribution is 0.682. The van der Waals surface area contributed by atoms with E-state index in [4.69, 9.17) is 11.6 Å². The Kier molecular flexibility index (Phi) is 4.35. The molecule has 0 amide bonds. The Balaban J connectivity index is 1.96. The minimum atomic E-state index is -0.872. The van der Waals surface area contributed by atoms with Crippen molar-refractivity contribution in [3.05, 3.63) is 70.7 Å². The van der Waals surface area contributed by atoms with E-state index < -0.39 is 10.8 Å². The third-order valence-corrected chi connectivity index (χ3v) is 3.97. The summed E-state index contributed by atoms with van der Waals surface area (Å²) in [4.78, 5) is 0. The molecule has 1 nitrogen and oxygen atoms in total. The van der Waals surface area contributed by atoms with Crippen molar-refractivity contribution in [3.63, 3.8) is 0 Å². The van der Waals surface area contributed by atoms with E-state index in [0.717, 1.165) is 11.1 Å². The zero-order chi connectivity index (χ0) is 12.1. The van der Waals surface area contributed by atoms with Gasteiger partial charge in [-0.25, -0.2) is 0 Å². The van der Waals surface area contributed by atoms with Crippen LogP contribution in [0.3, 0.4) is 0 Å². The second-order valence-electron chi connectivity index (χ2n) is 3.84. The summed E-state index contributed by atoms with van der Waals surface area (Å²) in [6, 6.07) is 17.4. The van der Waals surface area contributed by atoms with E-state index >= 15 is 0 Å². The van der Waals surface area contributed by atoms with Gasteiger partial charge in [-0.1, -0.05) is 54.1 Å². The number of rotatable bonds is 4. The fourth-order valence-electron chi connectivity index (χ4n) is 1.58. The molecule has 0 spiro atoms. The molecule has 0 fully saturated rings. The van der Waals surface area contributed by atoms with Crippen LogP contribution < -0.4 is 0 Å². The molecule has 0 aliphatic heterocycles. The Labute approximate surface area is 109 Å². The van der Waals surface area contributed by atoms with Crippen LogP contribution in [-0.4, -0.2) is 4.21 Å². The predicted molar refractivity (Wildman–Crippen MR) is 73.4 cm³/mol. The van der Waals surface area contributed by atoms with Gasteiger partial charge in [0.25, 0.3) is 0 Å². The zero-order valence-electron chi connectivity index (χ0n) is 9.30. The molecule has 0 saturated heterocycles. The molecule has 0 N–H and O–H groups in total. The van der Waals surface area contributed by atoms with Gasteiger partial charge in [-0.05, 0) is 23.3 Å². The molecule has 2 aromatic rings. The second kappa shape index (κ2) is 5.99. The summed E-state index contributed by atoms with van der Waals surface area (Å²) in [6.07, 6.45) is 0. The van der Waals surface area contributed by atoms with Crippen LogP contribution in [0.5, 0.6) is 0 Å². The Bertz CT molecular complexity index is 493. The van der Waals surface area contributed by atoms with E-state index in [1.807, 2.05) is 54.6 Å². The molecule has 0 saturated carbocycles. The van der Waals surface area contributed by atoms with Crippen LogP contribution in [0.1, 0.15) is 11.1 Å². The van der Waals surface area contributed by atoms with E-state index in [2.05, 4.69) is 0 Å². The lowest BCUT2D eigenvalue weighted by Crippen LogP contribution is -1.99. The summed E-state index contributed by atoms with van der Waals surface area (Å²) in [5, 5.41) is 0.711. The first kappa shape index (κ1) is 12.3. The van der Waals surface area contributed by atoms with Crippen molar-refractivity contribution in [2.24, 2.45) is 0 Å². The molecule has 0 aliphatic carbocycles. The molecule has 0 aliphatic rings. The third-order valence-electron chi connectivity index (χ3n) is 2.41. The molecule has 0 bridgehead atoms. The lowest BCUT2D eigenvalue weighted by atomic mass is 10.2. The molecule has 0 radical (unpaired) electrons. The van der Waals surface area contributed by atoms with E-state index in [9.17, 15) is 4.21 Å². The topological polar surface area (TPSA) is 17.1 Å². The zero-order valence-corrected chi connectivity index (χ0v) is 10.9. The van der Waals surface area contributed by atoms with E-state index in [1.54, 1.807) is 0 Å². The number of halogens is 1. The summed E-state index contributed by atoms with van der Waals surface area (Å²) in [5.74, 6) is 1.18. The Hall–Kier alpha value is -1.12. The highest BCUT2D eigenvalue weighted by Gasteiger charge is 2.03. The first-order valence-electron chi connectivity index (χ1n) is 5.37. The average Bonchev–Trinajstić information content (AvgIpc) is 2.33. The van der Waals surface area contributed by atoms with E-state index in [0.29, 0.717) is 16.5 Å². The lowest BCUT2D eigenvalue weighted by Gasteiger charge is -2.03. The normalized spacial score (nSPS) is 12.3. The van der Waals surface area contributed by atoms with Crippen LogP contribution in [0.15, 0.2) is 54.6 Å². The highest BCUT2D eigenvalue weighted by atomic mass is 35.5. The van der Waals surface area contributed by atoms with Crippen LogP contribution in [0.2, 0.25) is 5.02 Å². The first-order chi connectivity index (χ1) is 8.24. The fourth-order valence-corrected chi connectivity index (χ4v) is 2.93. The molecule has 2 rings (SSSR count). The van der Waals surface area contributed by atoms with E-state index in [-0.39, 0.29) is 0 Å². The molecule has 0 unspecified atom stereocenters. The summed E-state index contributed by atoms with van der Waals surface area (Å²) >= 11 is 5.80. The quantitative estimate of drug-likeness (QED) is 0.821. The maximum absolute atomic E-state index is 11.9. The highest BCUT2D eigenvalue weighted by molar-refractivity contribution is 7.83. The molecule has 0 aromatic heterocycles. The molecule has 0 heterocycles. The van der Waals surface area contributed by atoms with Crippen molar-refractivity contribution in [3.8, 4) is 0 Å². The van der Waals surface area contributed by atoms with Crippen molar-refractivity contribution in [1.82, 2.24) is 0 Å². The molecular weight excluding hydrogens is 252 g/mol. The van der Waals surface area contributed by atoms with Gasteiger partial charge in [0.15, 0.2) is 0 Å². The van der Waals surface area contributed by atoms with Gasteiger partial charge in [-0.3, -0.25) is 4.21 Å². The first-order valence-corrected chi connectivity index (χ1v) is 7.24. The maximum atomic E-state index is 11.9. The van der Waals surface area contributed by atoms with Crippen LogP contribution >= 0.6 is 11.6 Å². The Morgan fingerprint density at radius 2 is 1.35 bits per heavy atom. The van der Waals surface area contributed by atoms with Crippen LogP contribution in [-0.2, 0) is 22.3 Å². The largest absolute Gasteiger partial charge is 0.259 e. The smallest absolute Gasteiger partial charge is 0.0489 e. The van der Waals surface area contributed by atoms with Crippen molar-refractivity contribution < 1.29 is 4.21 Å². The van der Waals surface area contributed by atoms with Crippen LogP contribution in [0.25, 0.3) is 0 Å². The summed E-state index contributed by atoms with van der Waals surface area (Å²) in [5.41, 5.74) is 2.17. The maximum Gasteiger partial charge on any atom is 0.0489 e. The number of hydrogen-bond donors (Lipinski definition) is 0. The van der Waals surface area contributed by atoms with Gasteiger partial charge in [-0.15, -0.1) is 0 Å². The van der Waals surface area contributed by atoms with Gasteiger partial charge >= 0.3 is 0 Å². The summed E-state index contributed by atoms with van der Waals surface area (Å²) in [6.45, 7) is 0. The van der Waals surface area contributed by atoms with Gasteiger partial charge in [0.05, 0.1) is 0 Å². The number of benzene rings is 2. The van der Waals surface area contributed by atoms with Crippen LogP contribution in [0, 0.1) is 0 Å². The van der Waals surface area contributed by atoms with Gasteiger partial charge in [0, 0.05) is 27.3 Å². The molecule has 2 aromatic carbocycles. The van der Waals surface area contributed by atoms with Crippen molar-refractivity contribution in [1.29, 1.82) is 0 Å². The second-order valence-corrected chi connectivity index (χ2v) is 5.73.